The van der Waals surface area contributed by atoms with Gasteiger partial charge >= 0.3 is 5.63 Å². The Kier molecular flexibility index (Phi) is 7.77. The summed E-state index contributed by atoms with van der Waals surface area (Å²) in [5.74, 6) is 4.91. The van der Waals surface area contributed by atoms with Crippen LogP contribution in [0.1, 0.15) is 37.1 Å². The Morgan fingerprint density at radius 2 is 1.85 bits per heavy atom. The number of aryl methyl sites for hydroxylation is 1. The molecule has 4 rings (SSSR count). The Morgan fingerprint density at radius 3 is 2.54 bits per heavy atom. The second-order valence-electron chi connectivity index (χ2n) is 9.79. The summed E-state index contributed by atoms with van der Waals surface area (Å²) in [5, 5.41) is 19.3. The minimum atomic E-state index is -2.23. The van der Waals surface area contributed by atoms with Gasteiger partial charge in [0.2, 0.25) is 5.60 Å². The number of fused-ring (bicyclic) bond motifs is 1. The van der Waals surface area contributed by atoms with Crippen molar-refractivity contribution in [2.45, 2.75) is 38.2 Å². The first kappa shape index (κ1) is 27.8. The van der Waals surface area contributed by atoms with Gasteiger partial charge in [-0.25, -0.2) is 9.18 Å². The summed E-state index contributed by atoms with van der Waals surface area (Å²) in [6.45, 7) is 5.15. The van der Waals surface area contributed by atoms with Crippen LogP contribution in [0.25, 0.3) is 10.8 Å². The van der Waals surface area contributed by atoms with Gasteiger partial charge in [0, 0.05) is 28.1 Å². The molecule has 0 bridgehead atoms. The summed E-state index contributed by atoms with van der Waals surface area (Å²) in [4.78, 5) is 25.6. The van der Waals surface area contributed by atoms with E-state index >= 15 is 0 Å². The molecule has 0 aliphatic heterocycles. The first-order chi connectivity index (χ1) is 18.4. The molecule has 1 amide bonds. The van der Waals surface area contributed by atoms with Crippen LogP contribution in [0.5, 0.6) is 5.75 Å². The maximum absolute atomic E-state index is 14.1. The number of ether oxygens (including phenoxy) is 1. The minimum Gasteiger partial charge on any atom is -0.497 e. The Balaban J connectivity index is 1.74. The molecule has 0 aliphatic carbocycles. The van der Waals surface area contributed by atoms with E-state index in [0.717, 1.165) is 0 Å². The molecular weight excluding hydrogens is 523 g/mol. The number of halogens is 2. The number of carbonyl (C=O) groups is 1. The van der Waals surface area contributed by atoms with E-state index in [1.807, 2.05) is 0 Å². The zero-order valence-corrected chi connectivity index (χ0v) is 22.5. The number of hydrogen-bond acceptors (Lipinski definition) is 6. The van der Waals surface area contributed by atoms with E-state index < -0.39 is 28.4 Å². The van der Waals surface area contributed by atoms with Crippen LogP contribution in [0.3, 0.4) is 0 Å². The normalized spacial score (nSPS) is 12.8. The highest BCUT2D eigenvalue weighted by Gasteiger charge is 2.41. The van der Waals surface area contributed by atoms with Crippen LogP contribution in [-0.4, -0.2) is 28.9 Å². The summed E-state index contributed by atoms with van der Waals surface area (Å²) in [6.07, 6.45) is -0.212. The van der Waals surface area contributed by atoms with Gasteiger partial charge in [-0.05, 0) is 78.6 Å². The highest BCUT2D eigenvalue weighted by atomic mass is 35.5. The van der Waals surface area contributed by atoms with Gasteiger partial charge in [0.1, 0.15) is 11.6 Å². The fourth-order valence-corrected chi connectivity index (χ4v) is 4.70. The van der Waals surface area contributed by atoms with Crippen molar-refractivity contribution in [1.82, 2.24) is 5.16 Å². The third-order valence-electron chi connectivity index (χ3n) is 6.39. The van der Waals surface area contributed by atoms with Crippen molar-refractivity contribution in [3.05, 3.63) is 98.7 Å². The molecule has 2 N–H and O–H groups in total. The minimum absolute atomic E-state index is 0.212. The molecule has 7 nitrogen and oxygen atoms in total. The summed E-state index contributed by atoms with van der Waals surface area (Å²) in [5.41, 5.74) is -2.07. The first-order valence-electron chi connectivity index (χ1n) is 12.0. The maximum Gasteiger partial charge on any atom is 0.366 e. The second-order valence-corrected chi connectivity index (χ2v) is 10.2. The number of nitrogens with one attached hydrogen (secondary N) is 1. The van der Waals surface area contributed by atoms with E-state index in [9.17, 15) is 19.1 Å². The zero-order valence-electron chi connectivity index (χ0n) is 21.8. The lowest BCUT2D eigenvalue weighted by atomic mass is 9.75. The fraction of sp³-hybridized carbons (Fsp3) is 0.233. The molecule has 1 heterocycles. The van der Waals surface area contributed by atoms with Crippen molar-refractivity contribution < 1.29 is 23.6 Å². The number of hydrogen-bond donors (Lipinski definition) is 2. The lowest BCUT2D eigenvalue weighted by Crippen LogP contribution is -2.46. The topological polar surface area (TPSA) is 102 Å². The third kappa shape index (κ3) is 6.11. The van der Waals surface area contributed by atoms with Gasteiger partial charge in [-0.15, -0.1) is 0 Å². The number of methoxy groups -OCH3 is 1. The third-order valence-corrected chi connectivity index (χ3v) is 6.72. The van der Waals surface area contributed by atoms with Gasteiger partial charge < -0.3 is 19.7 Å². The molecule has 0 spiro atoms. The van der Waals surface area contributed by atoms with Crippen LogP contribution in [0.2, 0.25) is 5.02 Å². The molecule has 1 atom stereocenters. The van der Waals surface area contributed by atoms with Gasteiger partial charge in [-0.2, -0.15) is 0 Å². The Labute approximate surface area is 229 Å². The van der Waals surface area contributed by atoms with Crippen LogP contribution in [0.4, 0.5) is 10.1 Å². The molecule has 3 aromatic carbocycles. The van der Waals surface area contributed by atoms with Crippen LogP contribution in [0.15, 0.2) is 70.0 Å². The monoisotopic (exact) mass is 548 g/mol. The first-order valence-corrected chi connectivity index (χ1v) is 12.4. The molecule has 1 aromatic heterocycles. The molecule has 9 heteroatoms. The number of benzene rings is 3. The van der Waals surface area contributed by atoms with E-state index in [1.165, 1.54) is 30.3 Å². The highest BCUT2D eigenvalue weighted by molar-refractivity contribution is 6.31. The Hall–Kier alpha value is -4.19. The lowest BCUT2D eigenvalue weighted by Gasteiger charge is -2.33. The van der Waals surface area contributed by atoms with Crippen LogP contribution in [0, 0.1) is 24.6 Å². The smallest absolute Gasteiger partial charge is 0.366 e. The Bertz CT molecular complexity index is 1670. The van der Waals surface area contributed by atoms with Crippen LogP contribution >= 0.6 is 11.6 Å². The molecule has 0 radical (unpaired) electrons. The summed E-state index contributed by atoms with van der Waals surface area (Å²) < 4.78 is 24.0. The lowest BCUT2D eigenvalue weighted by molar-refractivity contribution is -0.130. The van der Waals surface area contributed by atoms with Gasteiger partial charge in [-0.3, -0.25) is 4.79 Å². The molecule has 4 aromatic rings. The quantitative estimate of drug-likeness (QED) is 0.313. The Morgan fingerprint density at radius 1 is 1.13 bits per heavy atom. The number of aliphatic hydroxyl groups is 1. The molecule has 200 valence electrons. The van der Waals surface area contributed by atoms with Crippen LogP contribution in [-0.2, 0) is 10.2 Å². The number of carbonyl (C=O) groups excluding carboxylic acids is 1. The van der Waals surface area contributed by atoms with Crippen molar-refractivity contribution in [1.29, 1.82) is 0 Å². The molecule has 0 aliphatic rings. The summed E-state index contributed by atoms with van der Waals surface area (Å²) in [6, 6.07) is 15.3. The number of aromatic nitrogens is 1. The van der Waals surface area contributed by atoms with Crippen molar-refractivity contribution >= 4 is 34.0 Å². The molecule has 0 saturated heterocycles. The van der Waals surface area contributed by atoms with E-state index in [0.29, 0.717) is 44.1 Å². The predicted octanol–water partition coefficient (Wildman–Crippen LogP) is 5.39. The zero-order chi connectivity index (χ0) is 28.4. The van der Waals surface area contributed by atoms with E-state index in [4.69, 9.17) is 20.9 Å². The highest BCUT2D eigenvalue weighted by Crippen LogP contribution is 2.37. The fourth-order valence-electron chi connectivity index (χ4n) is 4.32. The van der Waals surface area contributed by atoms with Crippen molar-refractivity contribution in [2.75, 3.05) is 12.4 Å². The molecule has 0 saturated carbocycles. The average Bonchev–Trinajstić information content (AvgIpc) is 2.91. The summed E-state index contributed by atoms with van der Waals surface area (Å²) >= 11 is 6.37. The number of nitrogens with zero attached hydrogens (tertiary/aromatic N) is 1. The maximum atomic E-state index is 14.1. The number of anilines is 1. The average molecular weight is 549 g/mol. The molecule has 39 heavy (non-hydrogen) atoms. The number of amides is 1. The van der Waals surface area contributed by atoms with E-state index in [2.05, 4.69) is 22.3 Å². The van der Waals surface area contributed by atoms with E-state index in [1.54, 1.807) is 58.2 Å². The SMILES string of the molecule is COc1ccc(C#CC(O)(CC(C)(C)c2cc(F)ccc2Cl)C(=O)Nc2ccc3c(=O)onc(C)c3c2)cc1. The standard InChI is InChI=1S/C30H26ClFN2O5/c1-18-24-16-21(8-11-23(24)27(35)39-34-18)33-28(36)30(37,14-13-19-5-9-22(38-4)10-6-19)17-29(2,3)25-15-20(32)7-12-26(25)31/h5-12,15-16,37H,17H2,1-4H3,(H,33,36). The van der Waals surface area contributed by atoms with Gasteiger partial charge in [0.25, 0.3) is 5.91 Å². The predicted molar refractivity (Wildman–Crippen MR) is 148 cm³/mol. The summed E-state index contributed by atoms with van der Waals surface area (Å²) in [7, 11) is 1.54. The van der Waals surface area contributed by atoms with Crippen molar-refractivity contribution in [2.24, 2.45) is 0 Å². The molecular formula is C30H26ClFN2O5. The largest absolute Gasteiger partial charge is 0.497 e. The van der Waals surface area contributed by atoms with Crippen molar-refractivity contribution in [3.8, 4) is 17.6 Å². The van der Waals surface area contributed by atoms with Gasteiger partial charge in [0.15, 0.2) is 0 Å². The van der Waals surface area contributed by atoms with E-state index in [-0.39, 0.29) is 6.42 Å². The number of rotatable bonds is 6. The van der Waals surface area contributed by atoms with Crippen molar-refractivity contribution in [3.63, 3.8) is 0 Å². The van der Waals surface area contributed by atoms with Gasteiger partial charge in [0.05, 0.1) is 18.2 Å². The van der Waals surface area contributed by atoms with Gasteiger partial charge in [-0.1, -0.05) is 42.4 Å². The van der Waals surface area contributed by atoms with Crippen LogP contribution < -0.4 is 15.7 Å². The second kappa shape index (κ2) is 10.9. The molecule has 0 fully saturated rings. The molecule has 1 unspecified atom stereocenters.